The average molecular weight is 241 g/mol. The quantitative estimate of drug-likeness (QED) is 0.876. The molecule has 1 aliphatic rings. The van der Waals surface area contributed by atoms with Crippen molar-refractivity contribution in [3.63, 3.8) is 0 Å². The SMILES string of the molecule is CC(O)Cc1ccc(OC2CCC2)c(Cl)c1. The molecule has 1 saturated carbocycles. The Morgan fingerprint density at radius 2 is 2.25 bits per heavy atom. The number of hydrogen-bond acceptors (Lipinski definition) is 2. The first-order valence-corrected chi connectivity index (χ1v) is 6.16. The molecule has 1 atom stereocenters. The van der Waals surface area contributed by atoms with Gasteiger partial charge >= 0.3 is 0 Å². The van der Waals surface area contributed by atoms with Gasteiger partial charge in [-0.15, -0.1) is 0 Å². The van der Waals surface area contributed by atoms with Crippen molar-refractivity contribution >= 4 is 11.6 Å². The first kappa shape index (κ1) is 11.7. The van der Waals surface area contributed by atoms with Crippen LogP contribution in [-0.4, -0.2) is 17.3 Å². The summed E-state index contributed by atoms with van der Waals surface area (Å²) in [5.74, 6) is 0.765. The highest BCUT2D eigenvalue weighted by molar-refractivity contribution is 6.32. The molecule has 1 aromatic rings. The number of halogens is 1. The lowest BCUT2D eigenvalue weighted by atomic mass is 9.96. The van der Waals surface area contributed by atoms with Gasteiger partial charge in [-0.3, -0.25) is 0 Å². The Hall–Kier alpha value is -0.730. The Labute approximate surface area is 101 Å². The van der Waals surface area contributed by atoms with Gasteiger partial charge in [-0.05, 0) is 50.3 Å². The Morgan fingerprint density at radius 3 is 2.75 bits per heavy atom. The van der Waals surface area contributed by atoms with Crippen LogP contribution in [0.2, 0.25) is 5.02 Å². The highest BCUT2D eigenvalue weighted by Crippen LogP contribution is 2.31. The molecular weight excluding hydrogens is 224 g/mol. The smallest absolute Gasteiger partial charge is 0.138 e. The highest BCUT2D eigenvalue weighted by Gasteiger charge is 2.20. The second-order valence-electron chi connectivity index (χ2n) is 4.49. The Kier molecular flexibility index (Phi) is 3.72. The molecule has 3 heteroatoms. The molecule has 1 aliphatic carbocycles. The lowest BCUT2D eigenvalue weighted by Gasteiger charge is -2.26. The molecule has 0 radical (unpaired) electrons. The first-order chi connectivity index (χ1) is 7.65. The summed E-state index contributed by atoms with van der Waals surface area (Å²) in [5, 5.41) is 9.93. The van der Waals surface area contributed by atoms with Gasteiger partial charge in [0, 0.05) is 0 Å². The van der Waals surface area contributed by atoms with E-state index in [9.17, 15) is 5.11 Å². The van der Waals surface area contributed by atoms with E-state index in [0.29, 0.717) is 17.5 Å². The molecule has 0 bridgehead atoms. The predicted octanol–water partition coefficient (Wildman–Crippen LogP) is 3.19. The van der Waals surface area contributed by atoms with E-state index in [2.05, 4.69) is 0 Å². The van der Waals surface area contributed by atoms with Gasteiger partial charge in [0.2, 0.25) is 0 Å². The fourth-order valence-corrected chi connectivity index (χ4v) is 2.02. The average Bonchev–Trinajstić information content (AvgIpc) is 2.12. The number of aliphatic hydroxyl groups excluding tert-OH is 1. The van der Waals surface area contributed by atoms with E-state index in [1.54, 1.807) is 6.92 Å². The molecule has 0 saturated heterocycles. The van der Waals surface area contributed by atoms with E-state index in [4.69, 9.17) is 16.3 Å². The van der Waals surface area contributed by atoms with Crippen LogP contribution in [0.4, 0.5) is 0 Å². The Bertz CT molecular complexity index is 359. The van der Waals surface area contributed by atoms with Crippen molar-refractivity contribution in [1.82, 2.24) is 0 Å². The summed E-state index contributed by atoms with van der Waals surface area (Å²) in [5.41, 5.74) is 1.04. The molecule has 0 aliphatic heterocycles. The maximum absolute atomic E-state index is 9.28. The molecule has 88 valence electrons. The Morgan fingerprint density at radius 1 is 1.50 bits per heavy atom. The van der Waals surface area contributed by atoms with Crippen molar-refractivity contribution in [2.75, 3.05) is 0 Å². The summed E-state index contributed by atoms with van der Waals surface area (Å²) in [4.78, 5) is 0. The Balaban J connectivity index is 2.03. The van der Waals surface area contributed by atoms with Gasteiger partial charge in [0.05, 0.1) is 17.2 Å². The molecule has 0 amide bonds. The van der Waals surface area contributed by atoms with Gasteiger partial charge in [0.1, 0.15) is 5.75 Å². The summed E-state index contributed by atoms with van der Waals surface area (Å²) in [6, 6.07) is 5.74. The fourth-order valence-electron chi connectivity index (χ4n) is 1.78. The molecule has 0 heterocycles. The van der Waals surface area contributed by atoms with Crippen LogP contribution >= 0.6 is 11.6 Å². The second kappa shape index (κ2) is 5.07. The van der Waals surface area contributed by atoms with Crippen LogP contribution in [-0.2, 0) is 6.42 Å². The van der Waals surface area contributed by atoms with E-state index in [0.717, 1.165) is 24.2 Å². The zero-order valence-corrected chi connectivity index (χ0v) is 10.2. The van der Waals surface area contributed by atoms with Crippen molar-refractivity contribution in [1.29, 1.82) is 0 Å². The fraction of sp³-hybridized carbons (Fsp3) is 0.538. The molecule has 16 heavy (non-hydrogen) atoms. The zero-order valence-electron chi connectivity index (χ0n) is 9.45. The van der Waals surface area contributed by atoms with Crippen LogP contribution in [0.25, 0.3) is 0 Å². The van der Waals surface area contributed by atoms with Gasteiger partial charge in [0.15, 0.2) is 0 Å². The number of benzene rings is 1. The summed E-state index contributed by atoms with van der Waals surface area (Å²) in [6.07, 6.45) is 4.15. The molecule has 1 unspecified atom stereocenters. The molecule has 0 aromatic heterocycles. The van der Waals surface area contributed by atoms with Gasteiger partial charge in [0.25, 0.3) is 0 Å². The van der Waals surface area contributed by atoms with Crippen LogP contribution in [0.1, 0.15) is 31.7 Å². The number of hydrogen-bond donors (Lipinski definition) is 1. The minimum Gasteiger partial charge on any atom is -0.489 e. The van der Waals surface area contributed by atoms with Gasteiger partial charge in [-0.2, -0.15) is 0 Å². The number of rotatable bonds is 4. The van der Waals surface area contributed by atoms with Crippen LogP contribution in [0.3, 0.4) is 0 Å². The zero-order chi connectivity index (χ0) is 11.5. The molecule has 1 fully saturated rings. The van der Waals surface area contributed by atoms with Crippen molar-refractivity contribution < 1.29 is 9.84 Å². The minimum atomic E-state index is -0.338. The molecule has 0 spiro atoms. The van der Waals surface area contributed by atoms with Gasteiger partial charge in [-0.25, -0.2) is 0 Å². The van der Waals surface area contributed by atoms with E-state index < -0.39 is 0 Å². The lowest BCUT2D eigenvalue weighted by Crippen LogP contribution is -2.24. The minimum absolute atomic E-state index is 0.338. The molecule has 1 N–H and O–H groups in total. The third kappa shape index (κ3) is 2.89. The molecular formula is C13H17ClO2. The van der Waals surface area contributed by atoms with Gasteiger partial charge in [-0.1, -0.05) is 17.7 Å². The third-order valence-electron chi connectivity index (χ3n) is 2.87. The maximum atomic E-state index is 9.28. The lowest BCUT2D eigenvalue weighted by molar-refractivity contribution is 0.120. The monoisotopic (exact) mass is 240 g/mol. The summed E-state index contributed by atoms with van der Waals surface area (Å²) in [7, 11) is 0. The van der Waals surface area contributed by atoms with Crippen LogP contribution in [0, 0.1) is 0 Å². The van der Waals surface area contributed by atoms with Gasteiger partial charge < -0.3 is 9.84 Å². The highest BCUT2D eigenvalue weighted by atomic mass is 35.5. The van der Waals surface area contributed by atoms with Crippen LogP contribution < -0.4 is 4.74 Å². The number of ether oxygens (including phenoxy) is 1. The first-order valence-electron chi connectivity index (χ1n) is 5.78. The summed E-state index contributed by atoms with van der Waals surface area (Å²) >= 11 is 6.13. The summed E-state index contributed by atoms with van der Waals surface area (Å²) < 4.78 is 5.75. The van der Waals surface area contributed by atoms with E-state index in [-0.39, 0.29) is 6.10 Å². The predicted molar refractivity (Wildman–Crippen MR) is 65.1 cm³/mol. The topological polar surface area (TPSA) is 29.5 Å². The van der Waals surface area contributed by atoms with E-state index in [1.807, 2.05) is 18.2 Å². The second-order valence-corrected chi connectivity index (χ2v) is 4.90. The normalized spacial score (nSPS) is 17.9. The molecule has 2 nitrogen and oxygen atoms in total. The van der Waals surface area contributed by atoms with Crippen molar-refractivity contribution in [3.8, 4) is 5.75 Å². The van der Waals surface area contributed by atoms with Crippen molar-refractivity contribution in [2.24, 2.45) is 0 Å². The van der Waals surface area contributed by atoms with Crippen LogP contribution in [0.5, 0.6) is 5.75 Å². The van der Waals surface area contributed by atoms with Crippen molar-refractivity contribution in [3.05, 3.63) is 28.8 Å². The van der Waals surface area contributed by atoms with Crippen molar-refractivity contribution in [2.45, 2.75) is 44.8 Å². The van der Waals surface area contributed by atoms with Crippen LogP contribution in [0.15, 0.2) is 18.2 Å². The van der Waals surface area contributed by atoms with E-state index >= 15 is 0 Å². The number of aliphatic hydroxyl groups is 1. The third-order valence-corrected chi connectivity index (χ3v) is 3.17. The standard InChI is InChI=1S/C13H17ClO2/c1-9(15)7-10-5-6-13(12(14)8-10)16-11-3-2-4-11/h5-6,8-9,11,15H,2-4,7H2,1H3. The van der Waals surface area contributed by atoms with E-state index in [1.165, 1.54) is 6.42 Å². The maximum Gasteiger partial charge on any atom is 0.138 e. The largest absolute Gasteiger partial charge is 0.489 e. The molecule has 1 aromatic carbocycles. The summed E-state index contributed by atoms with van der Waals surface area (Å²) in [6.45, 7) is 1.77. The molecule has 2 rings (SSSR count).